The maximum absolute atomic E-state index is 13.4. The van der Waals surface area contributed by atoms with Crippen molar-refractivity contribution in [3.8, 4) is 5.69 Å². The maximum Gasteiger partial charge on any atom is 0.191 e. The van der Waals surface area contributed by atoms with E-state index in [0.717, 1.165) is 16.8 Å². The number of rotatable bonds is 5. The number of benzene rings is 2. The van der Waals surface area contributed by atoms with E-state index in [1.807, 2.05) is 29.0 Å². The van der Waals surface area contributed by atoms with Gasteiger partial charge in [0.15, 0.2) is 5.96 Å². The van der Waals surface area contributed by atoms with Crippen LogP contribution >= 0.6 is 0 Å². The third kappa shape index (κ3) is 4.27. The summed E-state index contributed by atoms with van der Waals surface area (Å²) in [7, 11) is 1.73. The molecule has 1 aromatic heterocycles. The second-order valence-electron chi connectivity index (χ2n) is 5.96. The van der Waals surface area contributed by atoms with Crippen molar-refractivity contribution in [2.45, 2.75) is 20.0 Å². The number of hydrogen-bond donors (Lipinski definition) is 2. The molecule has 0 saturated carbocycles. The van der Waals surface area contributed by atoms with Gasteiger partial charge in [0.05, 0.1) is 12.0 Å². The number of nitrogens with one attached hydrogen (secondary N) is 2. The van der Waals surface area contributed by atoms with Crippen LogP contribution in [0.1, 0.15) is 16.7 Å². The topological polar surface area (TPSA) is 54.2 Å². The number of aryl methyl sites for hydroxylation is 1. The van der Waals surface area contributed by atoms with Gasteiger partial charge in [0.1, 0.15) is 5.82 Å². The number of nitrogens with zero attached hydrogens (tertiary/aromatic N) is 3. The van der Waals surface area contributed by atoms with Crippen LogP contribution in [0.5, 0.6) is 0 Å². The molecule has 2 N–H and O–H groups in total. The van der Waals surface area contributed by atoms with Gasteiger partial charge in [0, 0.05) is 32.5 Å². The third-order valence-corrected chi connectivity index (χ3v) is 4.13. The molecule has 26 heavy (non-hydrogen) atoms. The zero-order chi connectivity index (χ0) is 18.4. The highest BCUT2D eigenvalue weighted by Gasteiger charge is 2.05. The van der Waals surface area contributed by atoms with E-state index in [4.69, 9.17) is 0 Å². The zero-order valence-corrected chi connectivity index (χ0v) is 14.9. The number of aromatic nitrogens is 2. The monoisotopic (exact) mass is 351 g/mol. The summed E-state index contributed by atoms with van der Waals surface area (Å²) in [6.07, 6.45) is 5.46. The van der Waals surface area contributed by atoms with Crippen LogP contribution in [0.25, 0.3) is 5.69 Å². The highest BCUT2D eigenvalue weighted by molar-refractivity contribution is 5.79. The van der Waals surface area contributed by atoms with Gasteiger partial charge in [-0.1, -0.05) is 30.3 Å². The van der Waals surface area contributed by atoms with Crippen molar-refractivity contribution in [2.75, 3.05) is 7.05 Å². The number of para-hydroxylation sites is 1. The highest BCUT2D eigenvalue weighted by Crippen LogP contribution is 2.14. The first-order valence-corrected chi connectivity index (χ1v) is 8.43. The quantitative estimate of drug-likeness (QED) is 0.548. The molecule has 0 spiro atoms. The first kappa shape index (κ1) is 17.7. The van der Waals surface area contributed by atoms with Crippen LogP contribution < -0.4 is 10.6 Å². The molecule has 0 aliphatic carbocycles. The normalized spacial score (nSPS) is 11.4. The lowest BCUT2D eigenvalue weighted by Crippen LogP contribution is -2.36. The molecule has 0 amide bonds. The van der Waals surface area contributed by atoms with Gasteiger partial charge in [-0.2, -0.15) is 0 Å². The molecular weight excluding hydrogens is 329 g/mol. The Balaban J connectivity index is 1.62. The SMILES string of the molecule is CN=C(NCc1ccc(F)c(C)c1)NCc1ccccc1-n1ccnc1. The minimum absolute atomic E-state index is 0.188. The van der Waals surface area contributed by atoms with Gasteiger partial charge in [-0.05, 0) is 35.7 Å². The minimum Gasteiger partial charge on any atom is -0.352 e. The lowest BCUT2D eigenvalue weighted by atomic mass is 10.1. The van der Waals surface area contributed by atoms with Crippen molar-refractivity contribution in [3.63, 3.8) is 0 Å². The molecule has 2 aromatic carbocycles. The van der Waals surface area contributed by atoms with Crippen LogP contribution in [0.3, 0.4) is 0 Å². The van der Waals surface area contributed by atoms with Crippen LogP contribution in [0.2, 0.25) is 0 Å². The van der Waals surface area contributed by atoms with E-state index in [-0.39, 0.29) is 5.82 Å². The summed E-state index contributed by atoms with van der Waals surface area (Å²) in [4.78, 5) is 8.36. The number of imidazole rings is 1. The summed E-state index contributed by atoms with van der Waals surface area (Å²) in [5, 5.41) is 6.57. The van der Waals surface area contributed by atoms with Gasteiger partial charge < -0.3 is 15.2 Å². The fraction of sp³-hybridized carbons (Fsp3) is 0.200. The Morgan fingerprint density at radius 2 is 1.96 bits per heavy atom. The van der Waals surface area contributed by atoms with Gasteiger partial charge in [-0.3, -0.25) is 4.99 Å². The molecule has 0 aliphatic rings. The Hall–Kier alpha value is -3.15. The van der Waals surface area contributed by atoms with E-state index in [1.54, 1.807) is 32.6 Å². The number of aliphatic imine (C=N–C) groups is 1. The molecule has 0 aliphatic heterocycles. The van der Waals surface area contributed by atoms with Gasteiger partial charge in [0.2, 0.25) is 0 Å². The average Bonchev–Trinajstić information content (AvgIpc) is 3.19. The highest BCUT2D eigenvalue weighted by atomic mass is 19.1. The van der Waals surface area contributed by atoms with Crippen molar-refractivity contribution in [1.29, 1.82) is 0 Å². The second-order valence-corrected chi connectivity index (χ2v) is 5.96. The molecule has 0 saturated heterocycles. The molecule has 1 heterocycles. The van der Waals surface area contributed by atoms with Crippen LogP contribution in [-0.4, -0.2) is 22.6 Å². The van der Waals surface area contributed by atoms with Gasteiger partial charge >= 0.3 is 0 Å². The number of hydrogen-bond acceptors (Lipinski definition) is 2. The Morgan fingerprint density at radius 1 is 1.15 bits per heavy atom. The standard InChI is InChI=1S/C20H22FN5/c1-15-11-16(7-8-18(15)21)12-24-20(22-2)25-13-17-5-3-4-6-19(17)26-10-9-23-14-26/h3-11,14H,12-13H2,1-2H3,(H2,22,24,25). The van der Waals surface area contributed by atoms with Crippen molar-refractivity contribution in [3.05, 3.63) is 83.7 Å². The molecule has 3 rings (SSSR count). The smallest absolute Gasteiger partial charge is 0.191 e. The predicted molar refractivity (Wildman–Crippen MR) is 102 cm³/mol. The number of halogens is 1. The molecule has 0 radical (unpaired) electrons. The first-order valence-electron chi connectivity index (χ1n) is 8.43. The molecular formula is C20H22FN5. The summed E-state index contributed by atoms with van der Waals surface area (Å²) >= 11 is 0. The minimum atomic E-state index is -0.188. The largest absolute Gasteiger partial charge is 0.352 e. The Kier molecular flexibility index (Phi) is 5.63. The fourth-order valence-electron chi connectivity index (χ4n) is 2.72. The zero-order valence-electron chi connectivity index (χ0n) is 14.9. The van der Waals surface area contributed by atoms with E-state index in [1.165, 1.54) is 6.07 Å². The maximum atomic E-state index is 13.4. The van der Waals surface area contributed by atoms with Gasteiger partial charge in [-0.15, -0.1) is 0 Å². The number of guanidine groups is 1. The average molecular weight is 351 g/mol. The van der Waals surface area contributed by atoms with Crippen molar-refractivity contribution in [1.82, 2.24) is 20.2 Å². The van der Waals surface area contributed by atoms with Crippen LogP contribution in [0.15, 0.2) is 66.2 Å². The van der Waals surface area contributed by atoms with Crippen molar-refractivity contribution >= 4 is 5.96 Å². The molecule has 3 aromatic rings. The summed E-state index contributed by atoms with van der Waals surface area (Å²) in [5.41, 5.74) is 3.85. The van der Waals surface area contributed by atoms with E-state index in [9.17, 15) is 4.39 Å². The van der Waals surface area contributed by atoms with Crippen molar-refractivity contribution < 1.29 is 4.39 Å². The fourth-order valence-corrected chi connectivity index (χ4v) is 2.72. The molecule has 6 heteroatoms. The Labute approximate surface area is 152 Å². The van der Waals surface area contributed by atoms with E-state index in [0.29, 0.717) is 24.6 Å². The van der Waals surface area contributed by atoms with Crippen molar-refractivity contribution in [2.24, 2.45) is 4.99 Å². The summed E-state index contributed by atoms with van der Waals surface area (Å²) in [6.45, 7) is 2.96. The molecule has 0 unspecified atom stereocenters. The second kappa shape index (κ2) is 8.29. The van der Waals surface area contributed by atoms with Gasteiger partial charge in [0.25, 0.3) is 0 Å². The summed E-state index contributed by atoms with van der Waals surface area (Å²) in [5.74, 6) is 0.500. The Morgan fingerprint density at radius 3 is 2.69 bits per heavy atom. The van der Waals surface area contributed by atoms with Crippen LogP contribution in [-0.2, 0) is 13.1 Å². The molecule has 0 bridgehead atoms. The van der Waals surface area contributed by atoms with E-state index in [2.05, 4.69) is 32.7 Å². The van der Waals surface area contributed by atoms with Crippen LogP contribution in [0.4, 0.5) is 4.39 Å². The molecule has 0 fully saturated rings. The molecule has 134 valence electrons. The Bertz CT molecular complexity index is 887. The predicted octanol–water partition coefficient (Wildman–Crippen LogP) is 3.19. The lowest BCUT2D eigenvalue weighted by Gasteiger charge is -2.15. The lowest BCUT2D eigenvalue weighted by molar-refractivity contribution is 0.617. The summed E-state index contributed by atoms with van der Waals surface area (Å²) in [6, 6.07) is 13.2. The third-order valence-electron chi connectivity index (χ3n) is 4.13. The first-order chi connectivity index (χ1) is 12.7. The molecule has 0 atom stereocenters. The van der Waals surface area contributed by atoms with Crippen LogP contribution in [0, 0.1) is 12.7 Å². The summed E-state index contributed by atoms with van der Waals surface area (Å²) < 4.78 is 15.3. The van der Waals surface area contributed by atoms with E-state index >= 15 is 0 Å². The van der Waals surface area contributed by atoms with Gasteiger partial charge in [-0.25, -0.2) is 9.37 Å². The molecule has 5 nitrogen and oxygen atoms in total. The van der Waals surface area contributed by atoms with E-state index < -0.39 is 0 Å².